The van der Waals surface area contributed by atoms with Gasteiger partial charge in [0.15, 0.2) is 11.6 Å². The summed E-state index contributed by atoms with van der Waals surface area (Å²) < 4.78 is 5.93. The van der Waals surface area contributed by atoms with Crippen LogP contribution in [0.5, 0.6) is 11.5 Å². The Balaban J connectivity index is 1.62. The highest BCUT2D eigenvalue weighted by Gasteiger charge is 2.55. The number of hydrogen-bond acceptors (Lipinski definition) is 3. The van der Waals surface area contributed by atoms with Gasteiger partial charge in [0.2, 0.25) is 0 Å². The molecule has 24 heavy (non-hydrogen) atoms. The Hall–Kier alpha value is -2.68. The molecule has 0 amide bonds. The van der Waals surface area contributed by atoms with E-state index in [9.17, 15) is 9.59 Å². The van der Waals surface area contributed by atoms with Gasteiger partial charge in [-0.1, -0.05) is 42.5 Å². The van der Waals surface area contributed by atoms with Crippen molar-refractivity contribution in [2.24, 2.45) is 23.7 Å². The molecule has 0 N–H and O–H groups in total. The van der Waals surface area contributed by atoms with Crippen LogP contribution in [0.1, 0.15) is 27.1 Å². The van der Waals surface area contributed by atoms with E-state index in [1.54, 1.807) is 18.2 Å². The summed E-state index contributed by atoms with van der Waals surface area (Å²) in [6, 6.07) is 14.7. The van der Waals surface area contributed by atoms with Crippen LogP contribution < -0.4 is 4.74 Å². The molecule has 1 fully saturated rings. The average molecular weight is 316 g/mol. The fraction of sp³-hybridized carbons (Fsp3) is 0.238. The standard InChI is InChI=1S/C21H16O3/c22-20-15-7-4-8-16(24-14-5-2-1-3-6-14)19(15)21(23)18-13-10-9-12(11-13)17(18)20/h1-10,12-13,17-18H,11H2. The zero-order valence-electron chi connectivity index (χ0n) is 13.0. The first-order valence-corrected chi connectivity index (χ1v) is 8.37. The third-order valence-electron chi connectivity index (χ3n) is 5.57. The Morgan fingerprint density at radius 1 is 0.792 bits per heavy atom. The number of rotatable bonds is 2. The fourth-order valence-electron chi connectivity index (χ4n) is 4.57. The number of ether oxygens (including phenoxy) is 1. The number of fused-ring (bicyclic) bond motifs is 6. The monoisotopic (exact) mass is 316 g/mol. The van der Waals surface area contributed by atoms with Gasteiger partial charge in [0, 0.05) is 17.4 Å². The van der Waals surface area contributed by atoms with Crippen molar-refractivity contribution in [1.29, 1.82) is 0 Å². The van der Waals surface area contributed by atoms with Gasteiger partial charge in [-0.2, -0.15) is 0 Å². The molecular weight excluding hydrogens is 300 g/mol. The maximum Gasteiger partial charge on any atom is 0.171 e. The molecule has 2 aromatic carbocycles. The number of allylic oxidation sites excluding steroid dienone is 2. The van der Waals surface area contributed by atoms with Gasteiger partial charge in [0.25, 0.3) is 0 Å². The summed E-state index contributed by atoms with van der Waals surface area (Å²) in [4.78, 5) is 26.2. The molecule has 4 unspecified atom stereocenters. The number of hydrogen-bond donors (Lipinski definition) is 0. The smallest absolute Gasteiger partial charge is 0.171 e. The number of carbonyl (C=O) groups excluding carboxylic acids is 2. The molecule has 3 aliphatic rings. The highest BCUT2D eigenvalue weighted by molar-refractivity contribution is 6.18. The van der Waals surface area contributed by atoms with Crippen molar-refractivity contribution in [3.8, 4) is 11.5 Å². The second-order valence-electron chi connectivity index (χ2n) is 6.82. The fourth-order valence-corrected chi connectivity index (χ4v) is 4.57. The van der Waals surface area contributed by atoms with Crippen LogP contribution in [0.3, 0.4) is 0 Å². The Morgan fingerprint density at radius 3 is 2.25 bits per heavy atom. The molecule has 2 aromatic rings. The van der Waals surface area contributed by atoms with E-state index in [2.05, 4.69) is 12.2 Å². The summed E-state index contributed by atoms with van der Waals surface area (Å²) in [7, 11) is 0. The van der Waals surface area contributed by atoms with E-state index in [4.69, 9.17) is 4.74 Å². The molecule has 3 heteroatoms. The van der Waals surface area contributed by atoms with Gasteiger partial charge in [0.1, 0.15) is 11.5 Å². The molecule has 0 aromatic heterocycles. The van der Waals surface area contributed by atoms with E-state index in [0.717, 1.165) is 6.42 Å². The van der Waals surface area contributed by atoms with E-state index in [-0.39, 0.29) is 35.2 Å². The molecule has 0 saturated heterocycles. The lowest BCUT2D eigenvalue weighted by molar-refractivity contribution is 0.0718. The van der Waals surface area contributed by atoms with Gasteiger partial charge in [-0.15, -0.1) is 0 Å². The van der Waals surface area contributed by atoms with Crippen LogP contribution in [0.25, 0.3) is 0 Å². The summed E-state index contributed by atoms with van der Waals surface area (Å²) in [6.07, 6.45) is 5.16. The van der Waals surface area contributed by atoms with Crippen LogP contribution >= 0.6 is 0 Å². The van der Waals surface area contributed by atoms with Crippen LogP contribution in [0.2, 0.25) is 0 Å². The number of para-hydroxylation sites is 1. The SMILES string of the molecule is O=C1c2cccc(Oc3ccccc3)c2C(=O)C2C3C=CC(C3)C12. The first-order chi connectivity index (χ1) is 11.7. The van der Waals surface area contributed by atoms with Gasteiger partial charge in [-0.25, -0.2) is 0 Å². The highest BCUT2D eigenvalue weighted by atomic mass is 16.5. The van der Waals surface area contributed by atoms with E-state index in [0.29, 0.717) is 22.6 Å². The number of Topliss-reactive ketones (excluding diaryl/α,β-unsaturated/α-hetero) is 2. The second kappa shape index (κ2) is 4.91. The minimum Gasteiger partial charge on any atom is -0.457 e. The molecule has 3 aliphatic carbocycles. The third kappa shape index (κ3) is 1.78. The Morgan fingerprint density at radius 2 is 1.50 bits per heavy atom. The molecule has 5 rings (SSSR count). The topological polar surface area (TPSA) is 43.4 Å². The molecule has 0 radical (unpaired) electrons. The maximum absolute atomic E-state index is 13.2. The lowest BCUT2D eigenvalue weighted by atomic mass is 9.69. The van der Waals surface area contributed by atoms with Crippen LogP contribution in [0, 0.1) is 23.7 Å². The molecule has 118 valence electrons. The zero-order valence-corrected chi connectivity index (χ0v) is 13.0. The predicted molar refractivity (Wildman–Crippen MR) is 89.3 cm³/mol. The molecule has 2 bridgehead atoms. The van der Waals surface area contributed by atoms with E-state index < -0.39 is 0 Å². The van der Waals surface area contributed by atoms with Crippen molar-refractivity contribution in [1.82, 2.24) is 0 Å². The van der Waals surface area contributed by atoms with Crippen molar-refractivity contribution >= 4 is 11.6 Å². The van der Waals surface area contributed by atoms with Gasteiger partial charge < -0.3 is 4.74 Å². The lowest BCUT2D eigenvalue weighted by Crippen LogP contribution is -2.39. The first-order valence-electron chi connectivity index (χ1n) is 8.37. The summed E-state index contributed by atoms with van der Waals surface area (Å²) in [5.74, 6) is 1.37. The normalized spacial score (nSPS) is 29.5. The van der Waals surface area contributed by atoms with Crippen molar-refractivity contribution in [2.45, 2.75) is 6.42 Å². The van der Waals surface area contributed by atoms with Crippen LogP contribution in [0.4, 0.5) is 0 Å². The number of ketones is 2. The zero-order chi connectivity index (χ0) is 16.3. The van der Waals surface area contributed by atoms with Crippen molar-refractivity contribution in [2.75, 3.05) is 0 Å². The third-order valence-corrected chi connectivity index (χ3v) is 5.57. The summed E-state index contributed by atoms with van der Waals surface area (Å²) in [5.41, 5.74) is 0.990. The van der Waals surface area contributed by atoms with E-state index in [1.807, 2.05) is 30.3 Å². The van der Waals surface area contributed by atoms with Gasteiger partial charge in [-0.3, -0.25) is 9.59 Å². The first kappa shape index (κ1) is 13.7. The van der Waals surface area contributed by atoms with Crippen LogP contribution in [0.15, 0.2) is 60.7 Å². The highest BCUT2D eigenvalue weighted by Crippen LogP contribution is 2.53. The second-order valence-corrected chi connectivity index (χ2v) is 6.82. The summed E-state index contributed by atoms with van der Waals surface area (Å²) in [5, 5.41) is 0. The quantitative estimate of drug-likeness (QED) is 0.776. The predicted octanol–water partition coefficient (Wildman–Crippen LogP) is 4.30. The Bertz CT molecular complexity index is 881. The summed E-state index contributed by atoms with van der Waals surface area (Å²) in [6.45, 7) is 0. The van der Waals surface area contributed by atoms with Crippen LogP contribution in [-0.2, 0) is 0 Å². The van der Waals surface area contributed by atoms with E-state index in [1.165, 1.54) is 0 Å². The summed E-state index contributed by atoms with van der Waals surface area (Å²) >= 11 is 0. The minimum atomic E-state index is -0.208. The van der Waals surface area contributed by atoms with Crippen molar-refractivity contribution in [3.05, 3.63) is 71.8 Å². The molecule has 0 aliphatic heterocycles. The van der Waals surface area contributed by atoms with E-state index >= 15 is 0 Å². The van der Waals surface area contributed by atoms with Gasteiger partial charge >= 0.3 is 0 Å². The van der Waals surface area contributed by atoms with Gasteiger partial charge in [-0.05, 0) is 36.5 Å². The molecule has 4 atom stereocenters. The largest absolute Gasteiger partial charge is 0.457 e. The van der Waals surface area contributed by atoms with Crippen molar-refractivity contribution < 1.29 is 14.3 Å². The molecule has 3 nitrogen and oxygen atoms in total. The average Bonchev–Trinajstić information content (AvgIpc) is 3.22. The van der Waals surface area contributed by atoms with Crippen LogP contribution in [-0.4, -0.2) is 11.6 Å². The number of carbonyl (C=O) groups is 2. The Kier molecular flexibility index (Phi) is 2.81. The van der Waals surface area contributed by atoms with Crippen molar-refractivity contribution in [3.63, 3.8) is 0 Å². The molecule has 0 spiro atoms. The molecule has 1 saturated carbocycles. The molecule has 0 heterocycles. The van der Waals surface area contributed by atoms with Gasteiger partial charge in [0.05, 0.1) is 5.56 Å². The molecular formula is C21H16O3. The lowest BCUT2D eigenvalue weighted by Gasteiger charge is -2.32. The number of benzene rings is 2. The Labute approximate surface area is 140 Å². The maximum atomic E-state index is 13.2. The minimum absolute atomic E-state index is 0.0676.